The number of hydrazine groups is 1. The topological polar surface area (TPSA) is 105 Å². The third-order valence-electron chi connectivity index (χ3n) is 3.01. The smallest absolute Gasteiger partial charge is 0.409 e. The molecule has 2 aromatic rings. The molecule has 0 unspecified atom stereocenters. The molecule has 0 aromatic heterocycles. The number of hydrogen-bond donors (Lipinski definition) is 4. The van der Waals surface area contributed by atoms with E-state index in [1.54, 1.807) is 24.3 Å². The van der Waals surface area contributed by atoms with E-state index >= 15 is 0 Å². The minimum absolute atomic E-state index is 0.136. The minimum Gasteiger partial charge on any atom is -0.445 e. The number of nitrogens with one attached hydrogen (secondary N) is 3. The summed E-state index contributed by atoms with van der Waals surface area (Å²) in [6, 6.07) is 17.6. The molecule has 5 N–H and O–H groups in total. The zero-order chi connectivity index (χ0) is 16.5. The molecule has 2 aromatic carbocycles. The van der Waals surface area contributed by atoms with Crippen LogP contribution in [0.4, 0.5) is 9.59 Å². The minimum atomic E-state index is -0.761. The molecule has 7 heteroatoms. The Hall–Kier alpha value is -3.06. The summed E-state index contributed by atoms with van der Waals surface area (Å²) in [5.41, 5.74) is 3.51. The average molecular weight is 314 g/mol. The summed E-state index contributed by atoms with van der Waals surface area (Å²) in [6.07, 6.45) is -1.41. The second kappa shape index (κ2) is 8.40. The zero-order valence-electron chi connectivity index (χ0n) is 12.4. The van der Waals surface area contributed by atoms with Gasteiger partial charge in [0.15, 0.2) is 0 Å². The molecule has 0 heterocycles. The highest BCUT2D eigenvalue weighted by Crippen LogP contribution is 2.10. The van der Waals surface area contributed by atoms with Crippen molar-refractivity contribution < 1.29 is 14.3 Å². The standard InChI is InChI=1S/C16H18N4O3/c17-20-15(21)18-14(13-9-5-2-6-10-13)19-16(22)23-11-12-7-3-1-4-8-12/h1-10,14H,11,17H2,(H,19,22)(H2,18,20,21)/t14-/m0/s1. The largest absolute Gasteiger partial charge is 0.445 e. The Morgan fingerprint density at radius 3 is 2.17 bits per heavy atom. The van der Waals surface area contributed by atoms with Gasteiger partial charge in [0.25, 0.3) is 0 Å². The van der Waals surface area contributed by atoms with Gasteiger partial charge < -0.3 is 10.1 Å². The number of ether oxygens (including phenoxy) is 1. The molecule has 0 fully saturated rings. The lowest BCUT2D eigenvalue weighted by molar-refractivity contribution is 0.134. The third-order valence-corrected chi connectivity index (χ3v) is 3.01. The van der Waals surface area contributed by atoms with Crippen molar-refractivity contribution in [3.8, 4) is 0 Å². The molecule has 0 aliphatic heterocycles. The predicted octanol–water partition coefficient (Wildman–Crippen LogP) is 1.78. The molecule has 2 rings (SSSR count). The van der Waals surface area contributed by atoms with Gasteiger partial charge >= 0.3 is 12.1 Å². The van der Waals surface area contributed by atoms with Crippen LogP contribution in [0.5, 0.6) is 0 Å². The first-order valence-corrected chi connectivity index (χ1v) is 6.98. The summed E-state index contributed by atoms with van der Waals surface area (Å²) in [5, 5.41) is 5.11. The van der Waals surface area contributed by atoms with Crippen molar-refractivity contribution in [3.05, 3.63) is 71.8 Å². The van der Waals surface area contributed by atoms with E-state index in [9.17, 15) is 9.59 Å². The maximum atomic E-state index is 11.9. The van der Waals surface area contributed by atoms with Crippen LogP contribution < -0.4 is 21.9 Å². The number of rotatable bonds is 5. The van der Waals surface area contributed by atoms with Crippen molar-refractivity contribution in [3.63, 3.8) is 0 Å². The monoisotopic (exact) mass is 314 g/mol. The summed E-state index contributed by atoms with van der Waals surface area (Å²) >= 11 is 0. The number of urea groups is 1. The number of nitrogens with two attached hydrogens (primary N) is 1. The highest BCUT2D eigenvalue weighted by Gasteiger charge is 2.17. The fourth-order valence-electron chi connectivity index (χ4n) is 1.90. The van der Waals surface area contributed by atoms with Crippen molar-refractivity contribution in [1.82, 2.24) is 16.1 Å². The van der Waals surface area contributed by atoms with Gasteiger partial charge in [0.05, 0.1) is 0 Å². The van der Waals surface area contributed by atoms with Crippen LogP contribution in [-0.4, -0.2) is 12.1 Å². The van der Waals surface area contributed by atoms with Crippen molar-refractivity contribution in [2.45, 2.75) is 12.8 Å². The van der Waals surface area contributed by atoms with E-state index in [2.05, 4.69) is 10.6 Å². The van der Waals surface area contributed by atoms with Crippen molar-refractivity contribution in [2.24, 2.45) is 5.84 Å². The molecule has 1 atom stereocenters. The van der Waals surface area contributed by atoms with E-state index in [1.807, 2.05) is 41.8 Å². The molecule has 0 bridgehead atoms. The van der Waals surface area contributed by atoms with Crippen molar-refractivity contribution in [1.29, 1.82) is 0 Å². The Morgan fingerprint density at radius 2 is 1.57 bits per heavy atom. The van der Waals surface area contributed by atoms with Gasteiger partial charge in [-0.25, -0.2) is 15.4 Å². The van der Waals surface area contributed by atoms with E-state index < -0.39 is 18.3 Å². The molecule has 0 saturated heterocycles. The lowest BCUT2D eigenvalue weighted by atomic mass is 10.2. The fourth-order valence-corrected chi connectivity index (χ4v) is 1.90. The Balaban J connectivity index is 1.96. The van der Waals surface area contributed by atoms with Crippen LogP contribution in [0.3, 0.4) is 0 Å². The van der Waals surface area contributed by atoms with Crippen molar-refractivity contribution >= 4 is 12.1 Å². The number of benzene rings is 2. The van der Waals surface area contributed by atoms with E-state index in [4.69, 9.17) is 10.6 Å². The first-order valence-electron chi connectivity index (χ1n) is 6.98. The van der Waals surface area contributed by atoms with Gasteiger partial charge in [0.1, 0.15) is 12.8 Å². The molecule has 3 amide bonds. The Labute approximate surface area is 133 Å². The molecule has 0 aliphatic carbocycles. The predicted molar refractivity (Wildman–Crippen MR) is 84.8 cm³/mol. The van der Waals surface area contributed by atoms with E-state index in [0.29, 0.717) is 5.56 Å². The fraction of sp³-hybridized carbons (Fsp3) is 0.125. The quantitative estimate of drug-likeness (QED) is 0.292. The molecule has 0 aliphatic rings. The highest BCUT2D eigenvalue weighted by atomic mass is 16.5. The molecule has 120 valence electrons. The molecule has 0 radical (unpaired) electrons. The van der Waals surface area contributed by atoms with Gasteiger partial charge in [-0.3, -0.25) is 10.7 Å². The van der Waals surface area contributed by atoms with Crippen LogP contribution in [-0.2, 0) is 11.3 Å². The van der Waals surface area contributed by atoms with Gasteiger partial charge in [0.2, 0.25) is 0 Å². The molecule has 0 spiro atoms. The summed E-state index contributed by atoms with van der Waals surface area (Å²) in [6.45, 7) is 0.136. The van der Waals surface area contributed by atoms with Crippen LogP contribution in [0.25, 0.3) is 0 Å². The lowest BCUT2D eigenvalue weighted by Gasteiger charge is -2.20. The molecule has 23 heavy (non-hydrogen) atoms. The Bertz CT molecular complexity index is 634. The molecule has 0 saturated carbocycles. The van der Waals surface area contributed by atoms with Crippen LogP contribution in [0.15, 0.2) is 60.7 Å². The Morgan fingerprint density at radius 1 is 0.957 bits per heavy atom. The first kappa shape index (κ1) is 16.3. The summed E-state index contributed by atoms with van der Waals surface area (Å²) in [4.78, 5) is 23.4. The van der Waals surface area contributed by atoms with Gasteiger partial charge in [-0.2, -0.15) is 0 Å². The number of carbonyl (C=O) groups is 2. The van der Waals surface area contributed by atoms with Gasteiger partial charge in [-0.05, 0) is 11.1 Å². The molecular formula is C16H18N4O3. The molecule has 7 nitrogen and oxygen atoms in total. The Kier molecular flexibility index (Phi) is 5.96. The van der Waals surface area contributed by atoms with Crippen molar-refractivity contribution in [2.75, 3.05) is 0 Å². The number of hydrogen-bond acceptors (Lipinski definition) is 4. The SMILES string of the molecule is NNC(=O)N[C@@H](NC(=O)OCc1ccccc1)c1ccccc1. The molecular weight excluding hydrogens is 296 g/mol. The van der Waals surface area contributed by atoms with E-state index in [1.165, 1.54) is 0 Å². The van der Waals surface area contributed by atoms with E-state index in [0.717, 1.165) is 5.56 Å². The van der Waals surface area contributed by atoms with Crippen LogP contribution in [0.1, 0.15) is 17.3 Å². The summed E-state index contributed by atoms with van der Waals surface area (Å²) in [5.74, 6) is 5.06. The number of amides is 3. The lowest BCUT2D eigenvalue weighted by Crippen LogP contribution is -2.47. The first-order chi connectivity index (χ1) is 11.2. The zero-order valence-corrected chi connectivity index (χ0v) is 12.4. The van der Waals surface area contributed by atoms with Crippen LogP contribution in [0.2, 0.25) is 0 Å². The summed E-state index contributed by atoms with van der Waals surface area (Å²) < 4.78 is 5.14. The van der Waals surface area contributed by atoms with Gasteiger partial charge in [-0.15, -0.1) is 0 Å². The maximum absolute atomic E-state index is 11.9. The maximum Gasteiger partial charge on any atom is 0.409 e. The number of alkyl carbamates (subject to hydrolysis) is 1. The van der Waals surface area contributed by atoms with Gasteiger partial charge in [0, 0.05) is 0 Å². The third kappa shape index (κ3) is 5.33. The van der Waals surface area contributed by atoms with Gasteiger partial charge in [-0.1, -0.05) is 60.7 Å². The van der Waals surface area contributed by atoms with Crippen LogP contribution in [0, 0.1) is 0 Å². The number of carbonyl (C=O) groups excluding carboxylic acids is 2. The summed E-state index contributed by atoms with van der Waals surface area (Å²) in [7, 11) is 0. The average Bonchev–Trinajstić information content (AvgIpc) is 2.61. The van der Waals surface area contributed by atoms with Crippen LogP contribution >= 0.6 is 0 Å². The normalized spacial score (nSPS) is 11.2. The second-order valence-corrected chi connectivity index (χ2v) is 4.67. The highest BCUT2D eigenvalue weighted by molar-refractivity contribution is 5.75. The van der Waals surface area contributed by atoms with E-state index in [-0.39, 0.29) is 6.61 Å². The second-order valence-electron chi connectivity index (χ2n) is 4.67.